The van der Waals surface area contributed by atoms with E-state index in [0.717, 1.165) is 19.3 Å². The highest BCUT2D eigenvalue weighted by Crippen LogP contribution is 2.32. The zero-order chi connectivity index (χ0) is 23.6. The summed E-state index contributed by atoms with van der Waals surface area (Å²) in [4.78, 5) is 26.7. The van der Waals surface area contributed by atoms with Gasteiger partial charge in [0.1, 0.15) is 11.6 Å². The van der Waals surface area contributed by atoms with Crippen molar-refractivity contribution in [3.8, 4) is 0 Å². The molecule has 0 aromatic heterocycles. The summed E-state index contributed by atoms with van der Waals surface area (Å²) in [5.74, 6) is -1.54. The van der Waals surface area contributed by atoms with Gasteiger partial charge in [-0.15, -0.1) is 0 Å². The van der Waals surface area contributed by atoms with Crippen LogP contribution in [0.4, 0.5) is 13.6 Å². The van der Waals surface area contributed by atoms with Crippen molar-refractivity contribution in [1.29, 1.82) is 0 Å². The number of carboxylic acid groups (broad SMARTS) is 1. The van der Waals surface area contributed by atoms with E-state index in [1.807, 2.05) is 4.90 Å². The number of unbranched alkanes of at least 4 members (excludes halogenated alkanes) is 3. The summed E-state index contributed by atoms with van der Waals surface area (Å²) >= 11 is 0. The van der Waals surface area contributed by atoms with Gasteiger partial charge in [-0.05, 0) is 25.0 Å². The fourth-order valence-corrected chi connectivity index (χ4v) is 4.20. The van der Waals surface area contributed by atoms with E-state index in [2.05, 4.69) is 5.32 Å². The van der Waals surface area contributed by atoms with E-state index in [-0.39, 0.29) is 24.1 Å². The highest BCUT2D eigenvalue weighted by atomic mass is 19.1. The van der Waals surface area contributed by atoms with Crippen molar-refractivity contribution in [2.45, 2.75) is 38.1 Å². The van der Waals surface area contributed by atoms with Gasteiger partial charge in [-0.2, -0.15) is 0 Å². The Hall–Kier alpha value is -3.00. The number of amides is 2. The van der Waals surface area contributed by atoms with Crippen LogP contribution in [-0.4, -0.2) is 59.6 Å². The van der Waals surface area contributed by atoms with Crippen LogP contribution in [-0.2, 0) is 4.79 Å². The van der Waals surface area contributed by atoms with Gasteiger partial charge in [0.25, 0.3) is 0 Å². The molecule has 1 aliphatic rings. The molecule has 1 fully saturated rings. The van der Waals surface area contributed by atoms with E-state index in [9.17, 15) is 18.4 Å². The van der Waals surface area contributed by atoms with E-state index in [4.69, 9.17) is 5.11 Å². The molecular weight excluding hydrogens is 428 g/mol. The zero-order valence-corrected chi connectivity index (χ0v) is 18.7. The molecule has 2 amide bonds. The van der Waals surface area contributed by atoms with Crippen LogP contribution in [0.1, 0.15) is 49.3 Å². The summed E-state index contributed by atoms with van der Waals surface area (Å²) in [7, 11) is 0. The number of rotatable bonds is 10. The number of carboxylic acids is 1. The van der Waals surface area contributed by atoms with E-state index in [1.54, 1.807) is 41.3 Å². The second-order valence-corrected chi connectivity index (χ2v) is 8.26. The van der Waals surface area contributed by atoms with Crippen molar-refractivity contribution < 1.29 is 23.5 Å². The monoisotopic (exact) mass is 459 g/mol. The van der Waals surface area contributed by atoms with E-state index >= 15 is 0 Å². The highest BCUT2D eigenvalue weighted by Gasteiger charge is 2.31. The summed E-state index contributed by atoms with van der Waals surface area (Å²) < 4.78 is 29.3. The standard InChI is InChI=1S/C25H31F2N3O3/c26-21-11-6-4-9-19(21)24(20-10-5-7-12-22(20)27)29-15-17-30(18-16-29)25(33)28-14-8-2-1-3-13-23(31)32/h4-7,9-12,24H,1-3,8,13-18H2,(H,28,33)(H,31,32). The van der Waals surface area contributed by atoms with E-state index in [0.29, 0.717) is 50.3 Å². The lowest BCUT2D eigenvalue weighted by atomic mass is 9.95. The first-order valence-corrected chi connectivity index (χ1v) is 11.4. The lowest BCUT2D eigenvalue weighted by molar-refractivity contribution is -0.137. The fourth-order valence-electron chi connectivity index (χ4n) is 4.20. The summed E-state index contributed by atoms with van der Waals surface area (Å²) in [6.07, 6.45) is 3.32. The lowest BCUT2D eigenvalue weighted by Gasteiger charge is -2.39. The number of carbonyl (C=O) groups is 2. The Labute approximate surface area is 193 Å². The van der Waals surface area contributed by atoms with Crippen molar-refractivity contribution in [2.75, 3.05) is 32.7 Å². The van der Waals surface area contributed by atoms with Gasteiger partial charge in [-0.3, -0.25) is 9.69 Å². The van der Waals surface area contributed by atoms with Crippen LogP contribution in [0.15, 0.2) is 48.5 Å². The minimum Gasteiger partial charge on any atom is -0.481 e. The number of carbonyl (C=O) groups excluding carboxylic acids is 1. The number of aliphatic carboxylic acids is 1. The van der Waals surface area contributed by atoms with Crippen LogP contribution in [0.5, 0.6) is 0 Å². The number of hydrogen-bond acceptors (Lipinski definition) is 3. The second-order valence-electron chi connectivity index (χ2n) is 8.26. The maximum Gasteiger partial charge on any atom is 0.317 e. The number of nitrogens with one attached hydrogen (secondary N) is 1. The molecule has 0 radical (unpaired) electrons. The Morgan fingerprint density at radius 2 is 1.39 bits per heavy atom. The van der Waals surface area contributed by atoms with Crippen LogP contribution in [0.25, 0.3) is 0 Å². The molecule has 2 aromatic rings. The third-order valence-electron chi connectivity index (χ3n) is 5.96. The van der Waals surface area contributed by atoms with Gasteiger partial charge >= 0.3 is 12.0 Å². The van der Waals surface area contributed by atoms with Crippen LogP contribution in [0, 0.1) is 11.6 Å². The van der Waals surface area contributed by atoms with E-state index in [1.165, 1.54) is 12.1 Å². The first-order valence-electron chi connectivity index (χ1n) is 11.4. The Morgan fingerprint density at radius 1 is 0.848 bits per heavy atom. The van der Waals surface area contributed by atoms with Gasteiger partial charge in [0.15, 0.2) is 0 Å². The Morgan fingerprint density at radius 3 is 1.94 bits per heavy atom. The smallest absolute Gasteiger partial charge is 0.317 e. The average molecular weight is 460 g/mol. The van der Waals surface area contributed by atoms with Gasteiger partial charge < -0.3 is 15.3 Å². The van der Waals surface area contributed by atoms with Gasteiger partial charge in [0.2, 0.25) is 0 Å². The molecule has 0 saturated carbocycles. The molecule has 2 aromatic carbocycles. The second kappa shape index (κ2) is 12.3. The highest BCUT2D eigenvalue weighted by molar-refractivity contribution is 5.74. The first-order chi connectivity index (χ1) is 16.0. The van der Waals surface area contributed by atoms with Crippen LogP contribution < -0.4 is 5.32 Å². The molecular formula is C25H31F2N3O3. The third-order valence-corrected chi connectivity index (χ3v) is 5.96. The third kappa shape index (κ3) is 6.99. The number of halogens is 2. The minimum atomic E-state index is -0.783. The van der Waals surface area contributed by atoms with Crippen molar-refractivity contribution in [2.24, 2.45) is 0 Å². The van der Waals surface area contributed by atoms with Gasteiger partial charge in [-0.1, -0.05) is 49.2 Å². The molecule has 0 spiro atoms. The molecule has 2 N–H and O–H groups in total. The lowest BCUT2D eigenvalue weighted by Crippen LogP contribution is -2.52. The van der Waals surface area contributed by atoms with Crippen molar-refractivity contribution in [3.05, 3.63) is 71.3 Å². The fraction of sp³-hybridized carbons (Fsp3) is 0.440. The molecule has 33 heavy (non-hydrogen) atoms. The molecule has 6 nitrogen and oxygen atoms in total. The molecule has 178 valence electrons. The minimum absolute atomic E-state index is 0.145. The zero-order valence-electron chi connectivity index (χ0n) is 18.7. The molecule has 3 rings (SSSR count). The number of piperazine rings is 1. The van der Waals surface area contributed by atoms with E-state index < -0.39 is 12.0 Å². The Balaban J connectivity index is 1.54. The molecule has 1 saturated heterocycles. The maximum absolute atomic E-state index is 14.7. The average Bonchev–Trinajstić information content (AvgIpc) is 2.81. The normalized spacial score (nSPS) is 14.5. The van der Waals surface area contributed by atoms with Gasteiger partial charge in [0.05, 0.1) is 6.04 Å². The quantitative estimate of drug-likeness (QED) is 0.516. The van der Waals surface area contributed by atoms with Crippen molar-refractivity contribution in [3.63, 3.8) is 0 Å². The summed E-state index contributed by atoms with van der Waals surface area (Å²) in [5.41, 5.74) is 0.840. The SMILES string of the molecule is O=C(O)CCCCCCNC(=O)N1CCN(C(c2ccccc2F)c2ccccc2F)CC1. The Bertz CT molecular complexity index is 887. The Kier molecular flexibility index (Phi) is 9.18. The summed E-state index contributed by atoms with van der Waals surface area (Å²) in [6.45, 7) is 2.46. The van der Waals surface area contributed by atoms with Crippen LogP contribution in [0.2, 0.25) is 0 Å². The number of nitrogens with zero attached hydrogens (tertiary/aromatic N) is 2. The predicted molar refractivity (Wildman–Crippen MR) is 122 cm³/mol. The number of urea groups is 1. The van der Waals surface area contributed by atoms with Gasteiger partial charge in [-0.25, -0.2) is 13.6 Å². The van der Waals surface area contributed by atoms with Crippen LogP contribution >= 0.6 is 0 Å². The van der Waals surface area contributed by atoms with Crippen LogP contribution in [0.3, 0.4) is 0 Å². The molecule has 1 aliphatic heterocycles. The maximum atomic E-state index is 14.7. The topological polar surface area (TPSA) is 72.9 Å². The molecule has 0 unspecified atom stereocenters. The molecule has 0 aliphatic carbocycles. The number of hydrogen-bond donors (Lipinski definition) is 2. The molecule has 0 atom stereocenters. The van der Waals surface area contributed by atoms with Crippen molar-refractivity contribution >= 4 is 12.0 Å². The first kappa shape index (κ1) is 24.6. The summed E-state index contributed by atoms with van der Waals surface area (Å²) in [6, 6.07) is 12.1. The van der Waals surface area contributed by atoms with Gasteiger partial charge in [0, 0.05) is 50.3 Å². The molecule has 1 heterocycles. The molecule has 0 bridgehead atoms. The predicted octanol–water partition coefficient (Wildman–Crippen LogP) is 4.42. The van der Waals surface area contributed by atoms with Crippen molar-refractivity contribution in [1.82, 2.24) is 15.1 Å². The molecule has 8 heteroatoms. The summed E-state index contributed by atoms with van der Waals surface area (Å²) in [5, 5.41) is 11.5. The number of benzene rings is 2. The largest absolute Gasteiger partial charge is 0.481 e.